The van der Waals surface area contributed by atoms with Gasteiger partial charge in [-0.1, -0.05) is 6.07 Å². The minimum Gasteiger partial charge on any atom is -0.507 e. The summed E-state index contributed by atoms with van der Waals surface area (Å²) in [4.78, 5) is 33.5. The second kappa shape index (κ2) is 8.16. The van der Waals surface area contributed by atoms with Crippen molar-refractivity contribution >= 4 is 17.4 Å². The molecule has 0 bridgehead atoms. The van der Waals surface area contributed by atoms with Crippen LogP contribution in [0.1, 0.15) is 23.6 Å². The van der Waals surface area contributed by atoms with Crippen molar-refractivity contribution in [2.75, 3.05) is 34.0 Å². The van der Waals surface area contributed by atoms with Crippen molar-refractivity contribution in [3.05, 3.63) is 59.4 Å². The van der Waals surface area contributed by atoms with Crippen LogP contribution in [0.3, 0.4) is 0 Å². The Hall–Kier alpha value is -3.39. The first-order valence-electron chi connectivity index (χ1n) is 9.70. The zero-order valence-electron chi connectivity index (χ0n) is 16.9. The quantitative estimate of drug-likeness (QED) is 0.444. The fourth-order valence-electron chi connectivity index (χ4n) is 3.75. The van der Waals surface area contributed by atoms with Gasteiger partial charge in [0.2, 0.25) is 6.79 Å². The van der Waals surface area contributed by atoms with E-state index in [0.29, 0.717) is 35.6 Å². The van der Waals surface area contributed by atoms with Crippen LogP contribution in [0.2, 0.25) is 0 Å². The molecule has 1 aromatic heterocycles. The highest BCUT2D eigenvalue weighted by Crippen LogP contribution is 2.41. The van der Waals surface area contributed by atoms with E-state index in [1.807, 2.05) is 19.0 Å². The van der Waals surface area contributed by atoms with Gasteiger partial charge < -0.3 is 24.4 Å². The number of nitrogens with zero attached hydrogens (tertiary/aromatic N) is 3. The number of ketones is 1. The van der Waals surface area contributed by atoms with Crippen LogP contribution in [0.4, 0.5) is 0 Å². The lowest BCUT2D eigenvalue weighted by Gasteiger charge is -2.25. The number of aromatic nitrogens is 1. The maximum absolute atomic E-state index is 12.9. The van der Waals surface area contributed by atoms with E-state index in [4.69, 9.17) is 9.47 Å². The van der Waals surface area contributed by atoms with Gasteiger partial charge in [-0.25, -0.2) is 0 Å². The molecule has 30 heavy (non-hydrogen) atoms. The molecule has 1 saturated heterocycles. The van der Waals surface area contributed by atoms with E-state index in [2.05, 4.69) is 4.98 Å². The van der Waals surface area contributed by atoms with Crippen LogP contribution >= 0.6 is 0 Å². The predicted octanol–water partition coefficient (Wildman–Crippen LogP) is 2.18. The minimum absolute atomic E-state index is 0.0525. The van der Waals surface area contributed by atoms with E-state index < -0.39 is 17.7 Å². The van der Waals surface area contributed by atoms with Gasteiger partial charge in [-0.2, -0.15) is 0 Å². The highest BCUT2D eigenvalue weighted by molar-refractivity contribution is 6.46. The molecule has 2 aliphatic rings. The van der Waals surface area contributed by atoms with Crippen LogP contribution in [0.15, 0.2) is 48.3 Å². The maximum Gasteiger partial charge on any atom is 0.295 e. The molecule has 156 valence electrons. The van der Waals surface area contributed by atoms with Crippen molar-refractivity contribution in [1.29, 1.82) is 0 Å². The van der Waals surface area contributed by atoms with Gasteiger partial charge in [0.15, 0.2) is 11.5 Å². The first-order valence-corrected chi connectivity index (χ1v) is 9.70. The minimum atomic E-state index is -0.705. The second-order valence-electron chi connectivity index (χ2n) is 7.50. The van der Waals surface area contributed by atoms with Crippen LogP contribution in [0.25, 0.3) is 5.76 Å². The smallest absolute Gasteiger partial charge is 0.295 e. The summed E-state index contributed by atoms with van der Waals surface area (Å²) in [6, 6.07) is 7.76. The Morgan fingerprint density at radius 1 is 1.23 bits per heavy atom. The van der Waals surface area contributed by atoms with Crippen molar-refractivity contribution < 1.29 is 24.2 Å². The molecule has 1 unspecified atom stereocenters. The first-order chi connectivity index (χ1) is 14.5. The molecule has 2 aliphatic heterocycles. The number of carbonyl (C=O) groups is 2. The molecule has 0 aliphatic carbocycles. The third-order valence-electron chi connectivity index (χ3n) is 5.19. The van der Waals surface area contributed by atoms with Crippen molar-refractivity contribution in [3.63, 3.8) is 0 Å². The number of pyridine rings is 1. The highest BCUT2D eigenvalue weighted by Gasteiger charge is 2.46. The Kier molecular flexibility index (Phi) is 5.41. The number of benzene rings is 1. The van der Waals surface area contributed by atoms with Gasteiger partial charge in [-0.3, -0.25) is 14.6 Å². The van der Waals surface area contributed by atoms with Gasteiger partial charge in [0, 0.05) is 24.5 Å². The number of hydrogen-bond acceptors (Lipinski definition) is 7. The maximum atomic E-state index is 12.9. The number of hydrogen-bond donors (Lipinski definition) is 1. The largest absolute Gasteiger partial charge is 0.507 e. The van der Waals surface area contributed by atoms with Crippen LogP contribution in [0.5, 0.6) is 11.5 Å². The zero-order valence-corrected chi connectivity index (χ0v) is 16.9. The summed E-state index contributed by atoms with van der Waals surface area (Å²) >= 11 is 0. The van der Waals surface area contributed by atoms with Crippen molar-refractivity contribution in [3.8, 4) is 11.5 Å². The van der Waals surface area contributed by atoms with Crippen LogP contribution in [-0.2, 0) is 9.59 Å². The Morgan fingerprint density at radius 3 is 2.77 bits per heavy atom. The van der Waals surface area contributed by atoms with Gasteiger partial charge in [0.05, 0.1) is 11.6 Å². The van der Waals surface area contributed by atoms with E-state index >= 15 is 0 Å². The SMILES string of the molecule is CN(C)CCCN1C(=O)C(=O)/C(=C(\O)c2ccc3c(c2)OCO3)C1c1cccnc1. The fourth-order valence-corrected chi connectivity index (χ4v) is 3.75. The van der Waals surface area contributed by atoms with E-state index in [1.165, 1.54) is 4.90 Å². The van der Waals surface area contributed by atoms with Gasteiger partial charge in [-0.15, -0.1) is 0 Å². The van der Waals surface area contributed by atoms with Crippen molar-refractivity contribution in [2.24, 2.45) is 0 Å². The number of amides is 1. The molecule has 4 rings (SSSR count). The fraction of sp³-hybridized carbons (Fsp3) is 0.318. The van der Waals surface area contributed by atoms with E-state index in [-0.39, 0.29) is 18.1 Å². The van der Waals surface area contributed by atoms with E-state index in [9.17, 15) is 14.7 Å². The number of fused-ring (bicyclic) bond motifs is 1. The molecule has 8 heteroatoms. The lowest BCUT2D eigenvalue weighted by Crippen LogP contribution is -2.32. The van der Waals surface area contributed by atoms with Gasteiger partial charge in [0.25, 0.3) is 11.7 Å². The number of carbonyl (C=O) groups excluding carboxylic acids is 2. The Balaban J connectivity index is 1.77. The summed E-state index contributed by atoms with van der Waals surface area (Å²) in [7, 11) is 3.90. The third-order valence-corrected chi connectivity index (χ3v) is 5.19. The molecular formula is C22H23N3O5. The molecule has 1 atom stereocenters. The average Bonchev–Trinajstić information content (AvgIpc) is 3.31. The average molecular weight is 409 g/mol. The predicted molar refractivity (Wildman–Crippen MR) is 109 cm³/mol. The Labute approximate surface area is 174 Å². The Bertz CT molecular complexity index is 1000. The molecule has 1 fully saturated rings. The normalized spacial score (nSPS) is 19.7. The van der Waals surface area contributed by atoms with Crippen molar-refractivity contribution in [2.45, 2.75) is 12.5 Å². The monoisotopic (exact) mass is 409 g/mol. The molecular weight excluding hydrogens is 386 g/mol. The first kappa shape index (κ1) is 19.9. The van der Waals surface area contributed by atoms with Crippen LogP contribution < -0.4 is 9.47 Å². The zero-order chi connectivity index (χ0) is 21.3. The topological polar surface area (TPSA) is 92.2 Å². The summed E-state index contributed by atoms with van der Waals surface area (Å²) in [5.74, 6) is -0.513. The third kappa shape index (κ3) is 3.61. The number of likely N-dealkylation sites (tertiary alicyclic amines) is 1. The molecule has 0 saturated carbocycles. The molecule has 2 aromatic rings. The lowest BCUT2D eigenvalue weighted by atomic mass is 9.96. The number of rotatable bonds is 6. The summed E-state index contributed by atoms with van der Waals surface area (Å²) < 4.78 is 10.7. The van der Waals surface area contributed by atoms with Crippen molar-refractivity contribution in [1.82, 2.24) is 14.8 Å². The summed E-state index contributed by atoms with van der Waals surface area (Å²) in [6.45, 7) is 1.26. The van der Waals surface area contributed by atoms with Gasteiger partial charge in [-0.05, 0) is 56.9 Å². The second-order valence-corrected chi connectivity index (χ2v) is 7.50. The molecule has 1 aromatic carbocycles. The van der Waals surface area contributed by atoms with E-state index in [1.54, 1.807) is 42.7 Å². The van der Waals surface area contributed by atoms with Gasteiger partial charge >= 0.3 is 0 Å². The molecule has 1 N–H and O–H groups in total. The number of ether oxygens (including phenoxy) is 2. The molecule has 1 amide bonds. The van der Waals surface area contributed by atoms with E-state index in [0.717, 1.165) is 6.54 Å². The molecule has 0 radical (unpaired) electrons. The van der Waals surface area contributed by atoms with Crippen LogP contribution in [-0.4, -0.2) is 65.6 Å². The number of aliphatic hydroxyl groups excluding tert-OH is 1. The number of Topliss-reactive ketones (excluding diaryl/α,β-unsaturated/α-hetero) is 1. The molecule has 0 spiro atoms. The standard InChI is InChI=1S/C22H23N3O5/c1-24(2)9-4-10-25-19(15-5-3-8-23-12-15)18(21(27)22(25)28)20(26)14-6-7-16-17(11-14)30-13-29-16/h3,5-8,11-12,19,26H,4,9-10,13H2,1-2H3/b20-18-. The van der Waals surface area contributed by atoms with Gasteiger partial charge in [0.1, 0.15) is 5.76 Å². The lowest BCUT2D eigenvalue weighted by molar-refractivity contribution is -0.139. The summed E-state index contributed by atoms with van der Waals surface area (Å²) in [6.07, 6.45) is 3.93. The highest BCUT2D eigenvalue weighted by atomic mass is 16.7. The molecule has 3 heterocycles. The summed E-state index contributed by atoms with van der Waals surface area (Å²) in [5, 5.41) is 11.1. The Morgan fingerprint density at radius 2 is 2.03 bits per heavy atom. The molecule has 8 nitrogen and oxygen atoms in total. The van der Waals surface area contributed by atoms with Crippen LogP contribution in [0, 0.1) is 0 Å². The summed E-state index contributed by atoms with van der Waals surface area (Å²) in [5.41, 5.74) is 1.11. The number of aliphatic hydroxyl groups is 1.